The molecule has 1 fully saturated rings. The molecule has 1 atom stereocenters. The van der Waals surface area contributed by atoms with Gasteiger partial charge in [0.1, 0.15) is 5.56 Å². The van der Waals surface area contributed by atoms with Crippen LogP contribution >= 0.6 is 0 Å². The van der Waals surface area contributed by atoms with E-state index < -0.39 is 17.2 Å². The maximum atomic E-state index is 11.8. The van der Waals surface area contributed by atoms with Crippen LogP contribution in [0.2, 0.25) is 0 Å². The molecule has 6 nitrogen and oxygen atoms in total. The fraction of sp³-hybridized carbons (Fsp3) is 0.615. The minimum atomic E-state index is -1.31. The maximum Gasteiger partial charge on any atom is 0.342 e. The predicted octanol–water partition coefficient (Wildman–Crippen LogP) is 1.38. The highest BCUT2D eigenvalue weighted by atomic mass is 16.4. The first-order chi connectivity index (χ1) is 8.80. The average Bonchev–Trinajstić information content (AvgIpc) is 2.26. The molecule has 1 aromatic rings. The summed E-state index contributed by atoms with van der Waals surface area (Å²) >= 11 is 0. The van der Waals surface area contributed by atoms with Crippen LogP contribution in [0.15, 0.2) is 15.8 Å². The van der Waals surface area contributed by atoms with Gasteiger partial charge in [-0.15, -0.1) is 0 Å². The Labute approximate surface area is 110 Å². The van der Waals surface area contributed by atoms with Gasteiger partial charge in [-0.1, -0.05) is 20.3 Å². The molecule has 1 unspecified atom stereocenters. The third-order valence-electron chi connectivity index (χ3n) is 3.77. The molecule has 0 spiro atoms. The van der Waals surface area contributed by atoms with Crippen molar-refractivity contribution < 1.29 is 9.90 Å². The first kappa shape index (κ1) is 13.6. The Hall–Kier alpha value is -1.85. The Morgan fingerprint density at radius 3 is 2.74 bits per heavy atom. The number of nitrogens with one attached hydrogen (secondary N) is 1. The molecule has 6 heteroatoms. The zero-order chi connectivity index (χ0) is 14.2. The topological polar surface area (TPSA) is 92.2 Å². The van der Waals surface area contributed by atoms with Crippen LogP contribution in [0.3, 0.4) is 0 Å². The molecule has 2 rings (SSSR count). The normalized spacial score (nSPS) is 22.1. The molecule has 1 heterocycles. The summed E-state index contributed by atoms with van der Waals surface area (Å²) in [6.07, 6.45) is 4.89. The SMILES string of the molecule is CC1(C)CCCC(n2cc(C(=O)O)c(=O)[nH]c2=O)C1. The zero-order valence-electron chi connectivity index (χ0n) is 11.1. The van der Waals surface area contributed by atoms with Gasteiger partial charge < -0.3 is 5.11 Å². The van der Waals surface area contributed by atoms with Crippen molar-refractivity contribution in [3.63, 3.8) is 0 Å². The van der Waals surface area contributed by atoms with Gasteiger partial charge in [0.05, 0.1) is 0 Å². The molecule has 104 valence electrons. The average molecular weight is 266 g/mol. The van der Waals surface area contributed by atoms with E-state index in [2.05, 4.69) is 18.8 Å². The first-order valence-corrected chi connectivity index (χ1v) is 6.39. The standard InChI is InChI=1S/C13H18N2O4/c1-13(2)5-3-4-8(6-13)15-7-9(11(17)18)10(16)14-12(15)19/h7-8H,3-6H2,1-2H3,(H,17,18)(H,14,16,19). The summed E-state index contributed by atoms with van der Waals surface area (Å²) in [4.78, 5) is 36.3. The molecule has 0 aromatic carbocycles. The number of carboxylic acid groups (broad SMARTS) is 1. The van der Waals surface area contributed by atoms with E-state index in [-0.39, 0.29) is 17.0 Å². The van der Waals surface area contributed by atoms with Crippen LogP contribution in [-0.2, 0) is 0 Å². The third kappa shape index (κ3) is 2.77. The predicted molar refractivity (Wildman–Crippen MR) is 69.6 cm³/mol. The molecule has 1 aromatic heterocycles. The fourth-order valence-corrected chi connectivity index (χ4v) is 2.80. The number of H-pyrrole nitrogens is 1. The van der Waals surface area contributed by atoms with E-state index in [1.165, 1.54) is 10.8 Å². The van der Waals surface area contributed by atoms with Crippen LogP contribution in [0, 0.1) is 5.41 Å². The van der Waals surface area contributed by atoms with Gasteiger partial charge in [0, 0.05) is 12.2 Å². The number of aromatic nitrogens is 2. The number of aromatic amines is 1. The smallest absolute Gasteiger partial charge is 0.342 e. The first-order valence-electron chi connectivity index (χ1n) is 6.39. The van der Waals surface area contributed by atoms with Crippen LogP contribution in [0.4, 0.5) is 0 Å². The summed E-state index contributed by atoms with van der Waals surface area (Å²) in [6.45, 7) is 4.27. The van der Waals surface area contributed by atoms with E-state index in [9.17, 15) is 14.4 Å². The van der Waals surface area contributed by atoms with Gasteiger partial charge in [-0.3, -0.25) is 14.3 Å². The highest BCUT2D eigenvalue weighted by molar-refractivity contribution is 5.86. The highest BCUT2D eigenvalue weighted by Gasteiger charge is 2.30. The van der Waals surface area contributed by atoms with E-state index in [1.54, 1.807) is 0 Å². The Morgan fingerprint density at radius 1 is 1.47 bits per heavy atom. The molecule has 0 amide bonds. The minimum absolute atomic E-state index is 0.0498. The Kier molecular flexibility index (Phi) is 3.34. The van der Waals surface area contributed by atoms with Crippen LogP contribution in [-0.4, -0.2) is 20.6 Å². The van der Waals surface area contributed by atoms with Gasteiger partial charge in [-0.2, -0.15) is 0 Å². The molecule has 0 bridgehead atoms. The summed E-state index contributed by atoms with van der Waals surface area (Å²) in [5.74, 6) is -1.31. The van der Waals surface area contributed by atoms with E-state index in [0.717, 1.165) is 25.7 Å². The number of carboxylic acids is 1. The van der Waals surface area contributed by atoms with E-state index in [0.29, 0.717) is 0 Å². The van der Waals surface area contributed by atoms with Crippen molar-refractivity contribution in [3.05, 3.63) is 32.6 Å². The van der Waals surface area contributed by atoms with E-state index >= 15 is 0 Å². The van der Waals surface area contributed by atoms with Gasteiger partial charge in [0.15, 0.2) is 0 Å². The Morgan fingerprint density at radius 2 is 2.16 bits per heavy atom. The number of nitrogens with zero attached hydrogens (tertiary/aromatic N) is 1. The summed E-state index contributed by atoms with van der Waals surface area (Å²) in [5.41, 5.74) is -1.63. The van der Waals surface area contributed by atoms with Crippen molar-refractivity contribution in [2.45, 2.75) is 45.6 Å². The van der Waals surface area contributed by atoms with Gasteiger partial charge in [-0.25, -0.2) is 9.59 Å². The van der Waals surface area contributed by atoms with Crippen molar-refractivity contribution >= 4 is 5.97 Å². The van der Waals surface area contributed by atoms with Crippen LogP contribution in [0.1, 0.15) is 55.9 Å². The monoisotopic (exact) mass is 266 g/mol. The van der Waals surface area contributed by atoms with Gasteiger partial charge in [0.25, 0.3) is 5.56 Å². The van der Waals surface area contributed by atoms with Gasteiger partial charge in [0.2, 0.25) is 0 Å². The van der Waals surface area contributed by atoms with Crippen molar-refractivity contribution in [1.82, 2.24) is 9.55 Å². The Balaban J connectivity index is 2.45. The number of carbonyl (C=O) groups is 1. The largest absolute Gasteiger partial charge is 0.477 e. The lowest BCUT2D eigenvalue weighted by atomic mass is 9.75. The summed E-state index contributed by atoms with van der Waals surface area (Å²) in [7, 11) is 0. The molecule has 0 saturated heterocycles. The lowest BCUT2D eigenvalue weighted by molar-refractivity contribution is 0.0693. The highest BCUT2D eigenvalue weighted by Crippen LogP contribution is 2.40. The Bertz CT molecular complexity index is 612. The molecule has 0 radical (unpaired) electrons. The van der Waals surface area contributed by atoms with Crippen LogP contribution in [0.5, 0.6) is 0 Å². The minimum Gasteiger partial charge on any atom is -0.477 e. The number of hydrogen-bond acceptors (Lipinski definition) is 3. The molecule has 2 N–H and O–H groups in total. The fourth-order valence-electron chi connectivity index (χ4n) is 2.80. The molecule has 1 saturated carbocycles. The van der Waals surface area contributed by atoms with Crippen molar-refractivity contribution in [2.24, 2.45) is 5.41 Å². The lowest BCUT2D eigenvalue weighted by Crippen LogP contribution is -2.37. The molecule has 1 aliphatic carbocycles. The van der Waals surface area contributed by atoms with Gasteiger partial charge >= 0.3 is 11.7 Å². The molecular formula is C13H18N2O4. The second-order valence-electron chi connectivity index (χ2n) is 5.93. The van der Waals surface area contributed by atoms with Crippen molar-refractivity contribution in [1.29, 1.82) is 0 Å². The molecular weight excluding hydrogens is 248 g/mol. The quantitative estimate of drug-likeness (QED) is 0.845. The summed E-state index contributed by atoms with van der Waals surface area (Å²) < 4.78 is 1.37. The second-order valence-corrected chi connectivity index (χ2v) is 5.93. The summed E-state index contributed by atoms with van der Waals surface area (Å²) in [6, 6.07) is -0.0498. The lowest BCUT2D eigenvalue weighted by Gasteiger charge is -2.35. The molecule has 0 aliphatic heterocycles. The molecule has 19 heavy (non-hydrogen) atoms. The van der Waals surface area contributed by atoms with E-state index in [4.69, 9.17) is 5.11 Å². The summed E-state index contributed by atoms with van der Waals surface area (Å²) in [5, 5.41) is 8.95. The van der Waals surface area contributed by atoms with Crippen molar-refractivity contribution in [3.8, 4) is 0 Å². The maximum absolute atomic E-state index is 11.8. The van der Waals surface area contributed by atoms with E-state index in [1.807, 2.05) is 0 Å². The van der Waals surface area contributed by atoms with Crippen LogP contribution < -0.4 is 11.2 Å². The van der Waals surface area contributed by atoms with Crippen molar-refractivity contribution in [2.75, 3.05) is 0 Å². The van der Waals surface area contributed by atoms with Crippen LogP contribution in [0.25, 0.3) is 0 Å². The van der Waals surface area contributed by atoms with Gasteiger partial charge in [-0.05, 0) is 24.7 Å². The number of aromatic carboxylic acids is 1. The zero-order valence-corrected chi connectivity index (χ0v) is 11.1. The third-order valence-corrected chi connectivity index (χ3v) is 3.77. The number of hydrogen-bond donors (Lipinski definition) is 2. The number of rotatable bonds is 2. The molecule has 1 aliphatic rings. The second kappa shape index (κ2) is 4.68.